The minimum atomic E-state index is -0.791. The lowest BCUT2D eigenvalue weighted by atomic mass is 10.3. The minimum Gasteiger partial charge on any atom is -0.481 e. The number of hydrogen-bond donors (Lipinski definition) is 1. The van der Waals surface area contributed by atoms with E-state index in [0.29, 0.717) is 0 Å². The molecular formula is C8H12O2. The molecule has 0 bridgehead atoms. The zero-order valence-electron chi connectivity index (χ0n) is 6.08. The Hall–Kier alpha value is -1.05. The highest BCUT2D eigenvalue weighted by molar-refractivity contribution is 5.68. The standard InChI is InChI=1S/C8H12O2/c1-2-3-4-5-6-7-8(9)10/h3-6H,2,7H2,1H3,(H,9,10)/b4-3+,6-5+. The van der Waals surface area contributed by atoms with Gasteiger partial charge in [0, 0.05) is 0 Å². The van der Waals surface area contributed by atoms with Crippen LogP contribution in [-0.4, -0.2) is 11.1 Å². The molecule has 0 aromatic rings. The van der Waals surface area contributed by atoms with Crippen LogP contribution in [-0.2, 0) is 4.79 Å². The van der Waals surface area contributed by atoms with Gasteiger partial charge in [-0.2, -0.15) is 0 Å². The largest absolute Gasteiger partial charge is 0.481 e. The first-order chi connectivity index (χ1) is 4.77. The molecule has 0 spiro atoms. The highest BCUT2D eigenvalue weighted by Gasteiger charge is 1.86. The highest BCUT2D eigenvalue weighted by Crippen LogP contribution is 1.85. The van der Waals surface area contributed by atoms with Crippen LogP contribution in [0, 0.1) is 0 Å². The van der Waals surface area contributed by atoms with Crippen molar-refractivity contribution in [2.24, 2.45) is 0 Å². The number of allylic oxidation sites excluding steroid dienone is 3. The van der Waals surface area contributed by atoms with Gasteiger partial charge in [0.25, 0.3) is 0 Å². The van der Waals surface area contributed by atoms with E-state index in [1.54, 1.807) is 12.2 Å². The van der Waals surface area contributed by atoms with Gasteiger partial charge in [-0.15, -0.1) is 0 Å². The highest BCUT2D eigenvalue weighted by atomic mass is 16.4. The fourth-order valence-electron chi connectivity index (χ4n) is 0.462. The molecular weight excluding hydrogens is 128 g/mol. The van der Waals surface area contributed by atoms with E-state index < -0.39 is 5.97 Å². The summed E-state index contributed by atoms with van der Waals surface area (Å²) in [6.45, 7) is 2.03. The fourth-order valence-corrected chi connectivity index (χ4v) is 0.462. The summed E-state index contributed by atoms with van der Waals surface area (Å²) in [5, 5.41) is 8.19. The third-order valence-corrected chi connectivity index (χ3v) is 0.911. The maximum Gasteiger partial charge on any atom is 0.307 e. The van der Waals surface area contributed by atoms with Gasteiger partial charge in [-0.25, -0.2) is 0 Å². The van der Waals surface area contributed by atoms with Crippen LogP contribution in [0.25, 0.3) is 0 Å². The van der Waals surface area contributed by atoms with Crippen LogP contribution in [0.4, 0.5) is 0 Å². The lowest BCUT2D eigenvalue weighted by molar-refractivity contribution is -0.135. The SMILES string of the molecule is CC/C=C/C=C/CC(=O)O. The number of aliphatic carboxylic acids is 1. The first kappa shape index (κ1) is 8.95. The minimum absolute atomic E-state index is 0.105. The topological polar surface area (TPSA) is 37.3 Å². The predicted molar refractivity (Wildman–Crippen MR) is 40.8 cm³/mol. The molecule has 2 heteroatoms. The summed E-state index contributed by atoms with van der Waals surface area (Å²) >= 11 is 0. The molecule has 0 heterocycles. The van der Waals surface area contributed by atoms with Crippen molar-refractivity contribution in [3.8, 4) is 0 Å². The lowest BCUT2D eigenvalue weighted by Crippen LogP contribution is -1.89. The van der Waals surface area contributed by atoms with E-state index in [4.69, 9.17) is 5.11 Å². The molecule has 0 saturated carbocycles. The van der Waals surface area contributed by atoms with Crippen molar-refractivity contribution < 1.29 is 9.90 Å². The van der Waals surface area contributed by atoms with Crippen LogP contribution >= 0.6 is 0 Å². The Morgan fingerprint density at radius 3 is 2.50 bits per heavy atom. The monoisotopic (exact) mass is 140 g/mol. The number of carbonyl (C=O) groups is 1. The van der Waals surface area contributed by atoms with Gasteiger partial charge in [-0.1, -0.05) is 31.2 Å². The van der Waals surface area contributed by atoms with Crippen LogP contribution in [0.3, 0.4) is 0 Å². The molecule has 56 valence electrons. The average molecular weight is 140 g/mol. The van der Waals surface area contributed by atoms with Crippen molar-refractivity contribution in [1.29, 1.82) is 0 Å². The zero-order chi connectivity index (χ0) is 7.82. The van der Waals surface area contributed by atoms with Crippen LogP contribution < -0.4 is 0 Å². The molecule has 0 rings (SSSR count). The van der Waals surface area contributed by atoms with E-state index in [9.17, 15) is 4.79 Å². The summed E-state index contributed by atoms with van der Waals surface area (Å²) in [5.41, 5.74) is 0. The van der Waals surface area contributed by atoms with Gasteiger partial charge in [0.1, 0.15) is 0 Å². The van der Waals surface area contributed by atoms with Crippen molar-refractivity contribution in [3.63, 3.8) is 0 Å². The van der Waals surface area contributed by atoms with Gasteiger partial charge >= 0.3 is 5.97 Å². The summed E-state index contributed by atoms with van der Waals surface area (Å²) in [6, 6.07) is 0. The first-order valence-corrected chi connectivity index (χ1v) is 3.30. The second-order valence-electron chi connectivity index (χ2n) is 1.86. The number of rotatable bonds is 4. The summed E-state index contributed by atoms with van der Waals surface area (Å²) < 4.78 is 0. The van der Waals surface area contributed by atoms with E-state index >= 15 is 0 Å². The smallest absolute Gasteiger partial charge is 0.307 e. The molecule has 0 aliphatic carbocycles. The lowest BCUT2D eigenvalue weighted by Gasteiger charge is -1.79. The quantitative estimate of drug-likeness (QED) is 0.606. The summed E-state index contributed by atoms with van der Waals surface area (Å²) in [4.78, 5) is 9.96. The number of carboxylic acid groups (broad SMARTS) is 1. The van der Waals surface area contributed by atoms with Gasteiger partial charge < -0.3 is 5.11 Å². The predicted octanol–water partition coefficient (Wildman–Crippen LogP) is 1.98. The van der Waals surface area contributed by atoms with E-state index in [0.717, 1.165) is 6.42 Å². The van der Waals surface area contributed by atoms with Crippen molar-refractivity contribution >= 4 is 5.97 Å². The van der Waals surface area contributed by atoms with Crippen molar-refractivity contribution in [1.82, 2.24) is 0 Å². The zero-order valence-corrected chi connectivity index (χ0v) is 6.08. The van der Waals surface area contributed by atoms with E-state index in [1.807, 2.05) is 19.1 Å². The molecule has 0 aromatic carbocycles. The molecule has 0 radical (unpaired) electrons. The Morgan fingerprint density at radius 2 is 2.00 bits per heavy atom. The van der Waals surface area contributed by atoms with Gasteiger partial charge in [0.15, 0.2) is 0 Å². The van der Waals surface area contributed by atoms with Crippen LogP contribution in [0.15, 0.2) is 24.3 Å². The molecule has 0 aliphatic heterocycles. The number of carboxylic acids is 1. The molecule has 0 aliphatic rings. The van der Waals surface area contributed by atoms with Crippen LogP contribution in [0.5, 0.6) is 0 Å². The normalized spacial score (nSPS) is 11.3. The van der Waals surface area contributed by atoms with Crippen LogP contribution in [0.2, 0.25) is 0 Å². The molecule has 0 unspecified atom stereocenters. The second kappa shape index (κ2) is 6.08. The second-order valence-corrected chi connectivity index (χ2v) is 1.86. The maximum atomic E-state index is 9.96. The average Bonchev–Trinajstić information content (AvgIpc) is 1.87. The van der Waals surface area contributed by atoms with Crippen LogP contribution in [0.1, 0.15) is 19.8 Å². The van der Waals surface area contributed by atoms with E-state index in [1.165, 1.54) is 0 Å². The van der Waals surface area contributed by atoms with Crippen molar-refractivity contribution in [2.75, 3.05) is 0 Å². The van der Waals surface area contributed by atoms with Gasteiger partial charge in [0.2, 0.25) is 0 Å². The number of hydrogen-bond acceptors (Lipinski definition) is 1. The summed E-state index contributed by atoms with van der Waals surface area (Å²) in [6.07, 6.45) is 8.28. The van der Waals surface area contributed by atoms with E-state index in [-0.39, 0.29) is 6.42 Å². The Balaban J connectivity index is 3.37. The van der Waals surface area contributed by atoms with Gasteiger partial charge in [0.05, 0.1) is 6.42 Å². The first-order valence-electron chi connectivity index (χ1n) is 3.30. The fraction of sp³-hybridized carbons (Fsp3) is 0.375. The Morgan fingerprint density at radius 1 is 1.40 bits per heavy atom. The molecule has 10 heavy (non-hydrogen) atoms. The third-order valence-electron chi connectivity index (χ3n) is 0.911. The Labute approximate surface area is 60.9 Å². The van der Waals surface area contributed by atoms with E-state index in [2.05, 4.69) is 0 Å². The molecule has 0 atom stereocenters. The van der Waals surface area contributed by atoms with Crippen molar-refractivity contribution in [3.05, 3.63) is 24.3 Å². The molecule has 1 N–H and O–H groups in total. The molecule has 0 amide bonds. The summed E-state index contributed by atoms with van der Waals surface area (Å²) in [7, 11) is 0. The Kier molecular flexibility index (Phi) is 5.44. The van der Waals surface area contributed by atoms with Gasteiger partial charge in [-0.3, -0.25) is 4.79 Å². The van der Waals surface area contributed by atoms with Crippen molar-refractivity contribution in [2.45, 2.75) is 19.8 Å². The maximum absolute atomic E-state index is 9.96. The molecule has 0 saturated heterocycles. The third kappa shape index (κ3) is 6.95. The molecule has 0 aromatic heterocycles. The summed E-state index contributed by atoms with van der Waals surface area (Å²) in [5.74, 6) is -0.791. The molecule has 0 fully saturated rings. The van der Waals surface area contributed by atoms with Gasteiger partial charge in [-0.05, 0) is 6.42 Å². The molecule has 2 nitrogen and oxygen atoms in total. The Bertz CT molecular complexity index is 145.